The molecule has 0 aliphatic rings. The van der Waals surface area contributed by atoms with Gasteiger partial charge in [-0.2, -0.15) is 0 Å². The second-order valence-electron chi connectivity index (χ2n) is 8.54. The molecule has 0 saturated heterocycles. The highest BCUT2D eigenvalue weighted by Crippen LogP contribution is 2.25. The van der Waals surface area contributed by atoms with E-state index in [0.29, 0.717) is 18.7 Å². The van der Waals surface area contributed by atoms with Crippen molar-refractivity contribution in [1.29, 1.82) is 0 Å². The lowest BCUT2D eigenvalue weighted by atomic mass is 10.1. The van der Waals surface area contributed by atoms with Gasteiger partial charge in [0.05, 0.1) is 20.1 Å². The average Bonchev–Trinajstić information content (AvgIpc) is 2.92. The van der Waals surface area contributed by atoms with Crippen LogP contribution in [-0.2, 0) is 24.3 Å². The summed E-state index contributed by atoms with van der Waals surface area (Å²) < 4.78 is 5.52. The van der Waals surface area contributed by atoms with Crippen molar-refractivity contribution in [2.75, 3.05) is 12.0 Å². The molecule has 0 spiro atoms. The van der Waals surface area contributed by atoms with E-state index in [0.717, 1.165) is 33.7 Å². The van der Waals surface area contributed by atoms with Crippen molar-refractivity contribution in [2.45, 2.75) is 26.4 Å². The van der Waals surface area contributed by atoms with Gasteiger partial charge in [0.1, 0.15) is 5.75 Å². The van der Waals surface area contributed by atoms with Crippen LogP contribution < -0.4 is 15.0 Å². The predicted octanol–water partition coefficient (Wildman–Crippen LogP) is 5.10. The van der Waals surface area contributed by atoms with Gasteiger partial charge in [0.25, 0.3) is 5.91 Å². The number of pyridine rings is 1. The Hall–Kier alpha value is -4.45. The first kappa shape index (κ1) is 24.7. The topological polar surface area (TPSA) is 71.5 Å². The Morgan fingerprint density at radius 3 is 2.25 bits per heavy atom. The lowest BCUT2D eigenvalue weighted by Gasteiger charge is -2.24. The number of para-hydroxylation sites is 1. The third-order valence-electron chi connectivity index (χ3n) is 5.92. The van der Waals surface area contributed by atoms with Gasteiger partial charge in [-0.15, -0.1) is 0 Å². The average molecular weight is 480 g/mol. The third kappa shape index (κ3) is 6.36. The molecular weight excluding hydrogens is 450 g/mol. The molecule has 4 aromatic rings. The van der Waals surface area contributed by atoms with Gasteiger partial charge in [0.15, 0.2) is 0 Å². The Bertz CT molecular complexity index is 1300. The molecule has 182 valence electrons. The molecule has 0 aliphatic heterocycles. The first-order chi connectivity index (χ1) is 17.5. The van der Waals surface area contributed by atoms with Crippen LogP contribution in [0.5, 0.6) is 5.75 Å². The van der Waals surface area contributed by atoms with Crippen molar-refractivity contribution < 1.29 is 14.3 Å². The fourth-order valence-electron chi connectivity index (χ4n) is 3.88. The summed E-state index contributed by atoms with van der Waals surface area (Å²) in [6.45, 7) is 2.80. The molecule has 3 aromatic carbocycles. The van der Waals surface area contributed by atoms with Crippen LogP contribution in [0.4, 0.5) is 5.69 Å². The zero-order chi connectivity index (χ0) is 25.3. The van der Waals surface area contributed by atoms with Crippen LogP contribution in [0.1, 0.15) is 32.6 Å². The number of benzene rings is 3. The molecule has 1 heterocycles. The lowest BCUT2D eigenvalue weighted by molar-refractivity contribution is -0.120. The van der Waals surface area contributed by atoms with E-state index in [1.165, 1.54) is 0 Å². The van der Waals surface area contributed by atoms with Crippen molar-refractivity contribution in [2.24, 2.45) is 0 Å². The van der Waals surface area contributed by atoms with Crippen molar-refractivity contribution in [1.82, 2.24) is 10.3 Å². The monoisotopic (exact) mass is 479 g/mol. The SMILES string of the molecule is COc1ccccc1CN(C(=O)c1ccc(C)cc1)c1ccc(CC(=O)NCc2ccncc2)cc1. The van der Waals surface area contributed by atoms with Gasteiger partial charge in [-0.1, -0.05) is 48.0 Å². The molecule has 0 radical (unpaired) electrons. The zero-order valence-corrected chi connectivity index (χ0v) is 20.5. The summed E-state index contributed by atoms with van der Waals surface area (Å²) in [6.07, 6.45) is 3.66. The second-order valence-corrected chi connectivity index (χ2v) is 8.54. The van der Waals surface area contributed by atoms with Gasteiger partial charge >= 0.3 is 0 Å². The maximum atomic E-state index is 13.6. The smallest absolute Gasteiger partial charge is 0.258 e. The summed E-state index contributed by atoms with van der Waals surface area (Å²) in [7, 11) is 1.62. The van der Waals surface area contributed by atoms with Crippen LogP contribution >= 0.6 is 0 Å². The number of aryl methyl sites for hydroxylation is 1. The number of amides is 2. The Morgan fingerprint density at radius 1 is 0.861 bits per heavy atom. The second kappa shape index (κ2) is 11.8. The highest BCUT2D eigenvalue weighted by molar-refractivity contribution is 6.06. The highest BCUT2D eigenvalue weighted by atomic mass is 16.5. The van der Waals surface area contributed by atoms with E-state index in [-0.39, 0.29) is 18.2 Å². The number of rotatable bonds is 9. The van der Waals surface area contributed by atoms with E-state index in [4.69, 9.17) is 4.74 Å². The molecule has 0 atom stereocenters. The number of methoxy groups -OCH3 is 1. The quantitative estimate of drug-likeness (QED) is 0.362. The number of hydrogen-bond donors (Lipinski definition) is 1. The maximum Gasteiger partial charge on any atom is 0.258 e. The standard InChI is InChI=1S/C30H29N3O3/c1-22-7-11-25(12-8-22)30(35)33(21-26-5-3-4-6-28(26)36-2)27-13-9-23(10-14-27)19-29(34)32-20-24-15-17-31-18-16-24/h3-18H,19-21H2,1-2H3,(H,32,34). The lowest BCUT2D eigenvalue weighted by Crippen LogP contribution is -2.30. The Balaban J connectivity index is 1.52. The minimum atomic E-state index is -0.108. The number of aromatic nitrogens is 1. The van der Waals surface area contributed by atoms with Crippen LogP contribution in [0.15, 0.2) is 97.3 Å². The Labute approximate surface area is 211 Å². The highest BCUT2D eigenvalue weighted by Gasteiger charge is 2.20. The van der Waals surface area contributed by atoms with Crippen LogP contribution in [-0.4, -0.2) is 23.9 Å². The van der Waals surface area contributed by atoms with Gasteiger partial charge in [0, 0.05) is 35.8 Å². The fourth-order valence-corrected chi connectivity index (χ4v) is 3.88. The first-order valence-electron chi connectivity index (χ1n) is 11.8. The zero-order valence-electron chi connectivity index (χ0n) is 20.5. The number of ether oxygens (including phenoxy) is 1. The van der Waals surface area contributed by atoms with E-state index in [9.17, 15) is 9.59 Å². The Kier molecular flexibility index (Phi) is 8.08. The fraction of sp³-hybridized carbons (Fsp3) is 0.167. The van der Waals surface area contributed by atoms with Crippen molar-refractivity contribution in [3.8, 4) is 5.75 Å². The number of hydrogen-bond acceptors (Lipinski definition) is 4. The number of carbonyl (C=O) groups excluding carboxylic acids is 2. The number of nitrogens with one attached hydrogen (secondary N) is 1. The molecule has 4 rings (SSSR count). The minimum absolute atomic E-state index is 0.0684. The summed E-state index contributed by atoms with van der Waals surface area (Å²) >= 11 is 0. The van der Waals surface area contributed by atoms with Crippen molar-refractivity contribution >= 4 is 17.5 Å². The Morgan fingerprint density at radius 2 is 1.56 bits per heavy atom. The maximum absolute atomic E-state index is 13.6. The molecule has 6 nitrogen and oxygen atoms in total. The predicted molar refractivity (Wildman–Crippen MR) is 141 cm³/mol. The van der Waals surface area contributed by atoms with E-state index in [1.54, 1.807) is 24.4 Å². The molecule has 0 fully saturated rings. The largest absolute Gasteiger partial charge is 0.496 e. The van der Waals surface area contributed by atoms with Crippen LogP contribution in [0.3, 0.4) is 0 Å². The molecule has 1 N–H and O–H groups in total. The third-order valence-corrected chi connectivity index (χ3v) is 5.92. The molecule has 36 heavy (non-hydrogen) atoms. The number of carbonyl (C=O) groups is 2. The van der Waals surface area contributed by atoms with Gasteiger partial charge in [-0.25, -0.2) is 0 Å². The molecule has 0 aliphatic carbocycles. The van der Waals surface area contributed by atoms with E-state index in [2.05, 4.69) is 10.3 Å². The van der Waals surface area contributed by atoms with E-state index >= 15 is 0 Å². The van der Waals surface area contributed by atoms with Gasteiger partial charge in [0.2, 0.25) is 5.91 Å². The van der Waals surface area contributed by atoms with Gasteiger partial charge in [-0.05, 0) is 60.5 Å². The van der Waals surface area contributed by atoms with E-state index < -0.39 is 0 Å². The molecular formula is C30H29N3O3. The number of anilines is 1. The van der Waals surface area contributed by atoms with Crippen LogP contribution in [0.25, 0.3) is 0 Å². The number of nitrogens with zero attached hydrogens (tertiary/aromatic N) is 2. The van der Waals surface area contributed by atoms with Crippen LogP contribution in [0, 0.1) is 6.92 Å². The van der Waals surface area contributed by atoms with Gasteiger partial charge in [-0.3, -0.25) is 14.6 Å². The summed E-state index contributed by atoms with van der Waals surface area (Å²) in [5.74, 6) is 0.548. The molecule has 1 aromatic heterocycles. The summed E-state index contributed by atoms with van der Waals surface area (Å²) in [4.78, 5) is 31.7. The molecule has 6 heteroatoms. The summed E-state index contributed by atoms with van der Waals surface area (Å²) in [6, 6.07) is 26.5. The van der Waals surface area contributed by atoms with E-state index in [1.807, 2.05) is 91.9 Å². The normalized spacial score (nSPS) is 10.5. The molecule has 0 saturated carbocycles. The molecule has 2 amide bonds. The first-order valence-corrected chi connectivity index (χ1v) is 11.8. The summed E-state index contributed by atoms with van der Waals surface area (Å²) in [5, 5.41) is 2.93. The minimum Gasteiger partial charge on any atom is -0.496 e. The van der Waals surface area contributed by atoms with Crippen molar-refractivity contribution in [3.63, 3.8) is 0 Å². The molecule has 0 unspecified atom stereocenters. The summed E-state index contributed by atoms with van der Waals surface area (Å²) in [5.41, 5.74) is 5.21. The van der Waals surface area contributed by atoms with Crippen molar-refractivity contribution in [3.05, 3.63) is 125 Å². The van der Waals surface area contributed by atoms with Crippen LogP contribution in [0.2, 0.25) is 0 Å². The molecule has 0 bridgehead atoms. The van der Waals surface area contributed by atoms with Gasteiger partial charge < -0.3 is 15.0 Å².